The lowest BCUT2D eigenvalue weighted by Crippen LogP contribution is -2.49. The van der Waals surface area contributed by atoms with E-state index in [1.165, 1.54) is 0 Å². The summed E-state index contributed by atoms with van der Waals surface area (Å²) in [5.74, 6) is -2.70. The van der Waals surface area contributed by atoms with Crippen molar-refractivity contribution in [1.29, 1.82) is 0 Å². The molecule has 212 valence electrons. The number of aromatic nitrogens is 2. The number of pyridine rings is 1. The van der Waals surface area contributed by atoms with Crippen molar-refractivity contribution in [3.05, 3.63) is 92.1 Å². The van der Waals surface area contributed by atoms with Crippen LogP contribution in [0.5, 0.6) is 5.88 Å². The number of fused-ring (bicyclic) bond motifs is 1. The largest absolute Gasteiger partial charge is 0.471 e. The first-order valence-corrected chi connectivity index (χ1v) is 14.8. The van der Waals surface area contributed by atoms with Gasteiger partial charge >= 0.3 is 0 Å². The molecule has 10 heteroatoms. The Morgan fingerprint density at radius 2 is 1.78 bits per heavy atom. The molecule has 0 bridgehead atoms. The zero-order valence-electron chi connectivity index (χ0n) is 22.0. The third kappa shape index (κ3) is 5.74. The molecule has 1 amide bonds. The van der Waals surface area contributed by atoms with Crippen molar-refractivity contribution in [2.45, 2.75) is 56.6 Å². The Balaban J connectivity index is 1.50. The van der Waals surface area contributed by atoms with Crippen LogP contribution < -0.4 is 10.1 Å². The van der Waals surface area contributed by atoms with Crippen LogP contribution in [0, 0.1) is 6.92 Å². The summed E-state index contributed by atoms with van der Waals surface area (Å²) in [6.07, 6.45) is 1.75. The lowest BCUT2D eigenvalue weighted by atomic mass is 9.76. The summed E-state index contributed by atoms with van der Waals surface area (Å²) in [5.41, 5.74) is 4.03. The third-order valence-electron chi connectivity index (χ3n) is 7.91. The maximum Gasteiger partial charge on any atom is 0.253 e. The highest BCUT2D eigenvalue weighted by atomic mass is 79.9. The van der Waals surface area contributed by atoms with Crippen molar-refractivity contribution in [3.63, 3.8) is 0 Å². The molecular formula is C31H26BrCl2F2N3O2. The van der Waals surface area contributed by atoms with E-state index in [1.54, 1.807) is 30.5 Å². The van der Waals surface area contributed by atoms with Crippen molar-refractivity contribution in [1.82, 2.24) is 15.3 Å². The number of ether oxygens (including phenoxy) is 1. The van der Waals surface area contributed by atoms with Gasteiger partial charge in [0.1, 0.15) is 5.60 Å². The van der Waals surface area contributed by atoms with E-state index in [0.717, 1.165) is 21.3 Å². The minimum absolute atomic E-state index is 0.157. The summed E-state index contributed by atoms with van der Waals surface area (Å²) in [6, 6.07) is 16.1. The normalized spacial score (nSPS) is 18.9. The van der Waals surface area contributed by atoms with E-state index >= 15 is 0 Å². The van der Waals surface area contributed by atoms with Gasteiger partial charge in [0.2, 0.25) is 11.8 Å². The number of hydrogen-bond acceptors (Lipinski definition) is 3. The molecule has 0 saturated heterocycles. The zero-order valence-corrected chi connectivity index (χ0v) is 25.1. The average Bonchev–Trinajstić information content (AvgIpc) is 3.37. The number of aromatic amines is 1. The SMILES string of the molecule is Cc1cc(C(=O)N[C@@H]2CC3(CCC(F)(F)CC3)Oc3nc(-c4ccc(Br)cc4Cl)c(-c4ccc(Cl)cc4)cc32)c[nH]1. The topological polar surface area (TPSA) is 67.0 Å². The summed E-state index contributed by atoms with van der Waals surface area (Å²) >= 11 is 16.4. The first-order valence-electron chi connectivity index (χ1n) is 13.3. The Kier molecular flexibility index (Phi) is 7.37. The lowest BCUT2D eigenvalue weighted by molar-refractivity contribution is -0.104. The number of hydrogen-bond donors (Lipinski definition) is 2. The summed E-state index contributed by atoms with van der Waals surface area (Å²) in [5, 5.41) is 4.22. The molecule has 5 nitrogen and oxygen atoms in total. The minimum Gasteiger partial charge on any atom is -0.471 e. The molecule has 6 rings (SSSR count). The van der Waals surface area contributed by atoms with Gasteiger partial charge in [0.15, 0.2) is 0 Å². The molecule has 0 radical (unpaired) electrons. The molecule has 1 aliphatic heterocycles. The monoisotopic (exact) mass is 659 g/mol. The standard InChI is InChI=1S/C31H26BrCl2F2N3O2/c1-17-12-19(16-37-17)28(40)38-26-15-30(8-10-31(35,36)11-9-30)41-29-24(26)14-23(18-2-5-21(33)6-3-18)27(39-29)22-7-4-20(32)13-25(22)34/h2-7,12-14,16,26,37H,8-11,15H2,1H3,(H,38,40)/t26-/m1/s1. The summed E-state index contributed by atoms with van der Waals surface area (Å²) < 4.78 is 35.8. The summed E-state index contributed by atoms with van der Waals surface area (Å²) in [6.45, 7) is 1.87. The first-order chi connectivity index (χ1) is 19.5. The minimum atomic E-state index is -2.74. The van der Waals surface area contributed by atoms with Gasteiger partial charge in [0.25, 0.3) is 5.91 Å². The second-order valence-electron chi connectivity index (χ2n) is 10.9. The number of alkyl halides is 2. The fourth-order valence-corrected chi connectivity index (χ4v) is 6.58. The maximum absolute atomic E-state index is 14.2. The van der Waals surface area contributed by atoms with Gasteiger partial charge in [-0.1, -0.05) is 57.3 Å². The molecule has 2 aromatic heterocycles. The van der Waals surface area contributed by atoms with Crippen LogP contribution in [0.25, 0.3) is 22.4 Å². The van der Waals surface area contributed by atoms with E-state index in [2.05, 4.69) is 26.2 Å². The molecule has 2 N–H and O–H groups in total. The molecule has 41 heavy (non-hydrogen) atoms. The van der Waals surface area contributed by atoms with Crippen LogP contribution in [0.3, 0.4) is 0 Å². The first kappa shape index (κ1) is 28.2. The van der Waals surface area contributed by atoms with Crippen molar-refractivity contribution in [2.24, 2.45) is 0 Å². The van der Waals surface area contributed by atoms with Gasteiger partial charge in [-0.25, -0.2) is 13.8 Å². The van der Waals surface area contributed by atoms with Crippen molar-refractivity contribution < 1.29 is 18.3 Å². The number of nitrogens with zero attached hydrogens (tertiary/aromatic N) is 1. The van der Waals surface area contributed by atoms with E-state index in [-0.39, 0.29) is 31.6 Å². The highest BCUT2D eigenvalue weighted by molar-refractivity contribution is 9.10. The Labute approximate surface area is 254 Å². The van der Waals surface area contributed by atoms with E-state index in [0.29, 0.717) is 44.7 Å². The van der Waals surface area contributed by atoms with Crippen LogP contribution in [-0.2, 0) is 0 Å². The predicted molar refractivity (Wildman–Crippen MR) is 160 cm³/mol. The number of benzene rings is 2. The van der Waals surface area contributed by atoms with Crippen molar-refractivity contribution in [2.75, 3.05) is 0 Å². The number of carbonyl (C=O) groups excluding carboxylic acids is 1. The van der Waals surface area contributed by atoms with Gasteiger partial charge in [-0.05, 0) is 61.7 Å². The van der Waals surface area contributed by atoms with Gasteiger partial charge < -0.3 is 15.0 Å². The molecule has 4 aromatic rings. The number of halogens is 5. The summed E-state index contributed by atoms with van der Waals surface area (Å²) in [7, 11) is 0. The molecule has 0 unspecified atom stereocenters. The van der Waals surface area contributed by atoms with Crippen LogP contribution in [0.15, 0.2) is 65.3 Å². The zero-order chi connectivity index (χ0) is 28.9. The van der Waals surface area contributed by atoms with Gasteiger partial charge in [-0.2, -0.15) is 0 Å². The smallest absolute Gasteiger partial charge is 0.253 e. The van der Waals surface area contributed by atoms with Crippen molar-refractivity contribution >= 4 is 45.0 Å². The Morgan fingerprint density at radius 1 is 1.05 bits per heavy atom. The Hall–Kier alpha value is -2.94. The third-order valence-corrected chi connectivity index (χ3v) is 8.97. The molecule has 1 atom stereocenters. The Bertz CT molecular complexity index is 1630. The van der Waals surface area contributed by atoms with Crippen LogP contribution in [0.2, 0.25) is 10.0 Å². The maximum atomic E-state index is 14.2. The summed E-state index contributed by atoms with van der Waals surface area (Å²) in [4.78, 5) is 21.3. The molecule has 2 aromatic carbocycles. The van der Waals surface area contributed by atoms with E-state index in [1.807, 2.05) is 37.3 Å². The number of aryl methyl sites for hydroxylation is 1. The van der Waals surface area contributed by atoms with Crippen LogP contribution in [0.1, 0.15) is 59.8 Å². The van der Waals surface area contributed by atoms with E-state index < -0.39 is 17.6 Å². The quantitative estimate of drug-likeness (QED) is 0.229. The molecule has 1 aliphatic carbocycles. The molecule has 1 fully saturated rings. The van der Waals surface area contributed by atoms with Gasteiger partial charge in [0.05, 0.1) is 22.3 Å². The molecular weight excluding hydrogens is 635 g/mol. The van der Waals surface area contributed by atoms with Crippen molar-refractivity contribution in [3.8, 4) is 28.3 Å². The average molecular weight is 661 g/mol. The van der Waals surface area contributed by atoms with Gasteiger partial charge in [-0.3, -0.25) is 4.79 Å². The number of amides is 1. The molecule has 3 heterocycles. The molecule has 2 aliphatic rings. The van der Waals surface area contributed by atoms with Crippen LogP contribution in [-0.4, -0.2) is 27.4 Å². The molecule has 1 spiro atoms. The van der Waals surface area contributed by atoms with E-state index in [9.17, 15) is 13.6 Å². The fourth-order valence-electron chi connectivity index (χ4n) is 5.70. The van der Waals surface area contributed by atoms with E-state index in [4.69, 9.17) is 32.9 Å². The van der Waals surface area contributed by atoms with Crippen LogP contribution in [0.4, 0.5) is 8.78 Å². The second kappa shape index (κ2) is 10.7. The number of rotatable bonds is 4. The Morgan fingerprint density at radius 3 is 2.44 bits per heavy atom. The lowest BCUT2D eigenvalue weighted by Gasteiger charge is -2.45. The van der Waals surface area contributed by atoms with Crippen LogP contribution >= 0.6 is 39.1 Å². The fraction of sp³-hybridized carbons (Fsp3) is 0.290. The number of nitrogens with one attached hydrogen (secondary N) is 2. The van der Waals surface area contributed by atoms with Gasteiger partial charge in [0, 0.05) is 57.3 Å². The molecule has 1 saturated carbocycles. The highest BCUT2D eigenvalue weighted by Crippen LogP contribution is 2.51. The number of H-pyrrole nitrogens is 1. The van der Waals surface area contributed by atoms with Gasteiger partial charge in [-0.15, -0.1) is 0 Å². The predicted octanol–water partition coefficient (Wildman–Crippen LogP) is 9.32. The number of carbonyl (C=O) groups is 1. The highest BCUT2D eigenvalue weighted by Gasteiger charge is 2.49. The second-order valence-corrected chi connectivity index (χ2v) is 12.6.